The van der Waals surface area contributed by atoms with Gasteiger partial charge in [-0.2, -0.15) is 8.75 Å². The van der Waals surface area contributed by atoms with Crippen molar-refractivity contribution in [2.24, 2.45) is 0 Å². The van der Waals surface area contributed by atoms with E-state index in [1.54, 1.807) is 7.11 Å². The minimum absolute atomic E-state index is 0.673. The average Bonchev–Trinajstić information content (AvgIpc) is 3.02. The summed E-state index contributed by atoms with van der Waals surface area (Å²) in [5.74, 6) is 0. The lowest BCUT2D eigenvalue weighted by Gasteiger charge is -2.37. The molecule has 0 unspecified atom stereocenters. The van der Waals surface area contributed by atoms with Gasteiger partial charge >= 0.3 is 0 Å². The van der Waals surface area contributed by atoms with E-state index in [4.69, 9.17) is 4.74 Å². The molecule has 1 aliphatic heterocycles. The first-order chi connectivity index (χ1) is 11.3. The first kappa shape index (κ1) is 16.8. The van der Waals surface area contributed by atoms with Gasteiger partial charge in [0.05, 0.1) is 11.7 Å². The van der Waals surface area contributed by atoms with Crippen molar-refractivity contribution in [3.05, 3.63) is 23.8 Å². The summed E-state index contributed by atoms with van der Waals surface area (Å²) in [6, 6.07) is 7.15. The fraction of sp³-hybridized carbons (Fsp3) is 0.647. The molecule has 0 atom stereocenters. The lowest BCUT2D eigenvalue weighted by Crippen LogP contribution is -2.43. The lowest BCUT2D eigenvalue weighted by atomic mass is 10.0. The number of methoxy groups -OCH3 is 1. The summed E-state index contributed by atoms with van der Waals surface area (Å²) in [5.41, 5.74) is 3.36. The topological polar surface area (TPSA) is 41.5 Å². The second kappa shape index (κ2) is 8.15. The van der Waals surface area contributed by atoms with Crippen LogP contribution in [0.25, 0.3) is 11.0 Å². The lowest BCUT2D eigenvalue weighted by molar-refractivity contribution is 0.1000. The standard InChI is InChI=1S/C17H26N4OS/c1-20-9-6-15(7-10-20)21(8-3-11-22-2)13-14-4-5-16-17(12-14)19-23-18-16/h4-5,12,15H,3,6-11,13H2,1-2H3. The molecule has 1 fully saturated rings. The molecule has 0 radical (unpaired) electrons. The number of nitrogens with zero attached hydrogens (tertiary/aromatic N) is 4. The molecular formula is C17H26N4OS. The van der Waals surface area contributed by atoms with Crippen LogP contribution >= 0.6 is 11.7 Å². The molecule has 0 saturated carbocycles. The Balaban J connectivity index is 1.68. The molecule has 6 heteroatoms. The molecule has 2 aromatic rings. The van der Waals surface area contributed by atoms with Gasteiger partial charge in [-0.05, 0) is 57.1 Å². The van der Waals surface area contributed by atoms with Crippen molar-refractivity contribution in [2.45, 2.75) is 31.8 Å². The molecule has 0 N–H and O–H groups in total. The van der Waals surface area contributed by atoms with Crippen molar-refractivity contribution in [3.63, 3.8) is 0 Å². The normalized spacial score (nSPS) is 17.3. The van der Waals surface area contributed by atoms with Crippen molar-refractivity contribution in [1.29, 1.82) is 0 Å². The second-order valence-electron chi connectivity index (χ2n) is 6.44. The first-order valence-electron chi connectivity index (χ1n) is 8.39. The Bertz CT molecular complexity index is 609. The van der Waals surface area contributed by atoms with Gasteiger partial charge < -0.3 is 9.64 Å². The molecule has 0 bridgehead atoms. The minimum atomic E-state index is 0.673. The van der Waals surface area contributed by atoms with Crippen LogP contribution in [0.3, 0.4) is 0 Å². The Morgan fingerprint density at radius 1 is 1.26 bits per heavy atom. The van der Waals surface area contributed by atoms with Gasteiger partial charge in [-0.3, -0.25) is 4.90 Å². The Kier molecular flexibility index (Phi) is 5.94. The third kappa shape index (κ3) is 4.47. The molecule has 23 heavy (non-hydrogen) atoms. The second-order valence-corrected chi connectivity index (χ2v) is 6.97. The van der Waals surface area contributed by atoms with Gasteiger partial charge in [0.25, 0.3) is 0 Å². The number of piperidine rings is 1. The Morgan fingerprint density at radius 2 is 2.04 bits per heavy atom. The molecule has 1 aromatic carbocycles. The Morgan fingerprint density at radius 3 is 2.83 bits per heavy atom. The predicted octanol–water partition coefficient (Wildman–Crippen LogP) is 2.62. The van der Waals surface area contributed by atoms with Gasteiger partial charge in [0.2, 0.25) is 0 Å². The van der Waals surface area contributed by atoms with Crippen LogP contribution in [-0.4, -0.2) is 65.0 Å². The van der Waals surface area contributed by atoms with Crippen molar-refractivity contribution < 1.29 is 4.74 Å². The highest BCUT2D eigenvalue weighted by molar-refractivity contribution is 7.00. The molecular weight excluding hydrogens is 308 g/mol. The maximum absolute atomic E-state index is 5.24. The van der Waals surface area contributed by atoms with E-state index in [1.165, 1.54) is 43.2 Å². The monoisotopic (exact) mass is 334 g/mol. The number of hydrogen-bond acceptors (Lipinski definition) is 6. The van der Waals surface area contributed by atoms with Gasteiger partial charge in [-0.1, -0.05) is 6.07 Å². The molecule has 0 aliphatic carbocycles. The number of hydrogen-bond donors (Lipinski definition) is 0. The fourth-order valence-corrected chi connectivity index (χ4v) is 3.84. The summed E-state index contributed by atoms with van der Waals surface area (Å²) < 4.78 is 13.9. The van der Waals surface area contributed by atoms with Gasteiger partial charge in [0, 0.05) is 32.8 Å². The Hall–Kier alpha value is -1.08. The van der Waals surface area contributed by atoms with Gasteiger partial charge in [-0.25, -0.2) is 0 Å². The third-order valence-corrected chi connectivity index (χ3v) is 5.26. The zero-order valence-electron chi connectivity index (χ0n) is 14.1. The Labute approximate surface area is 142 Å². The number of aromatic nitrogens is 2. The van der Waals surface area contributed by atoms with Crippen LogP contribution in [0.4, 0.5) is 0 Å². The van der Waals surface area contributed by atoms with Crippen molar-refractivity contribution in [2.75, 3.05) is 40.4 Å². The van der Waals surface area contributed by atoms with E-state index in [9.17, 15) is 0 Å². The number of fused-ring (bicyclic) bond motifs is 1. The van der Waals surface area contributed by atoms with E-state index in [-0.39, 0.29) is 0 Å². The zero-order valence-corrected chi connectivity index (χ0v) is 14.9. The van der Waals surface area contributed by atoms with E-state index < -0.39 is 0 Å². The molecule has 1 aromatic heterocycles. The van der Waals surface area contributed by atoms with Crippen LogP contribution in [0.15, 0.2) is 18.2 Å². The molecule has 1 saturated heterocycles. The molecule has 3 rings (SSSR count). The number of likely N-dealkylation sites (tertiary alicyclic amines) is 1. The average molecular weight is 334 g/mol. The predicted molar refractivity (Wildman–Crippen MR) is 94.8 cm³/mol. The summed E-state index contributed by atoms with van der Waals surface area (Å²) >= 11 is 1.29. The third-order valence-electron chi connectivity index (χ3n) is 4.70. The van der Waals surface area contributed by atoms with Crippen LogP contribution in [0.2, 0.25) is 0 Å². The van der Waals surface area contributed by atoms with Crippen molar-refractivity contribution in [3.8, 4) is 0 Å². The summed E-state index contributed by atoms with van der Waals surface area (Å²) in [6.07, 6.45) is 3.59. The van der Waals surface area contributed by atoms with E-state index in [0.717, 1.165) is 37.2 Å². The highest BCUT2D eigenvalue weighted by atomic mass is 32.1. The van der Waals surface area contributed by atoms with Crippen LogP contribution < -0.4 is 0 Å². The fourth-order valence-electron chi connectivity index (χ4n) is 3.32. The molecule has 2 heterocycles. The van der Waals surface area contributed by atoms with E-state index in [1.807, 2.05) is 0 Å². The molecule has 1 aliphatic rings. The molecule has 0 spiro atoms. The minimum Gasteiger partial charge on any atom is -0.385 e. The summed E-state index contributed by atoms with van der Waals surface area (Å²) in [5, 5.41) is 0. The SMILES string of the molecule is COCCCN(Cc1ccc2nsnc2c1)C1CCN(C)CC1. The van der Waals surface area contributed by atoms with Crippen molar-refractivity contribution in [1.82, 2.24) is 18.5 Å². The van der Waals surface area contributed by atoms with Gasteiger partial charge in [-0.15, -0.1) is 0 Å². The van der Waals surface area contributed by atoms with E-state index in [0.29, 0.717) is 6.04 Å². The largest absolute Gasteiger partial charge is 0.385 e. The number of rotatable bonds is 7. The van der Waals surface area contributed by atoms with E-state index >= 15 is 0 Å². The highest BCUT2D eigenvalue weighted by Crippen LogP contribution is 2.20. The highest BCUT2D eigenvalue weighted by Gasteiger charge is 2.23. The summed E-state index contributed by atoms with van der Waals surface area (Å²) in [4.78, 5) is 5.06. The van der Waals surface area contributed by atoms with Gasteiger partial charge in [0.15, 0.2) is 0 Å². The molecule has 0 amide bonds. The van der Waals surface area contributed by atoms with Crippen molar-refractivity contribution >= 4 is 22.8 Å². The molecule has 5 nitrogen and oxygen atoms in total. The summed E-state index contributed by atoms with van der Waals surface area (Å²) in [7, 11) is 4.00. The maximum atomic E-state index is 5.24. The van der Waals surface area contributed by atoms with E-state index in [2.05, 4.69) is 43.8 Å². The zero-order chi connectivity index (χ0) is 16.1. The summed E-state index contributed by atoms with van der Waals surface area (Å²) in [6.45, 7) is 5.31. The van der Waals surface area contributed by atoms with Crippen LogP contribution in [-0.2, 0) is 11.3 Å². The maximum Gasteiger partial charge on any atom is 0.105 e. The molecule has 126 valence electrons. The van der Waals surface area contributed by atoms with Crippen LogP contribution in [0.5, 0.6) is 0 Å². The van der Waals surface area contributed by atoms with Crippen LogP contribution in [0.1, 0.15) is 24.8 Å². The smallest absolute Gasteiger partial charge is 0.105 e. The first-order valence-corrected chi connectivity index (χ1v) is 9.12. The quantitative estimate of drug-likeness (QED) is 0.728. The van der Waals surface area contributed by atoms with Crippen LogP contribution in [0, 0.1) is 0 Å². The van der Waals surface area contributed by atoms with Gasteiger partial charge in [0.1, 0.15) is 11.0 Å². The number of benzene rings is 1. The number of ether oxygens (including phenoxy) is 1.